The summed E-state index contributed by atoms with van der Waals surface area (Å²) in [5.41, 5.74) is 0. The summed E-state index contributed by atoms with van der Waals surface area (Å²) in [6.07, 6.45) is 2.70. The normalized spacial score (nSPS) is 38.1. The Labute approximate surface area is 104 Å². The average Bonchev–Trinajstić information content (AvgIpc) is 2.99. The van der Waals surface area contributed by atoms with E-state index in [-0.39, 0.29) is 12.0 Å². The lowest BCUT2D eigenvalue weighted by atomic mass is 9.82. The predicted molar refractivity (Wildman–Crippen MR) is 59.8 cm³/mol. The summed E-state index contributed by atoms with van der Waals surface area (Å²) >= 11 is 0. The maximum Gasteiger partial charge on any atom is 0.310 e. The molecule has 18 heavy (non-hydrogen) atoms. The number of carboxylic acids is 1. The number of carboxylic acid groups (broad SMARTS) is 1. The summed E-state index contributed by atoms with van der Waals surface area (Å²) in [7, 11) is 0. The second-order valence-corrected chi connectivity index (χ2v) is 4.78. The van der Waals surface area contributed by atoms with Crippen molar-refractivity contribution in [3.05, 3.63) is 12.2 Å². The van der Waals surface area contributed by atoms with Gasteiger partial charge in [-0.25, -0.2) is 0 Å². The van der Waals surface area contributed by atoms with Gasteiger partial charge in [-0.15, -0.1) is 0 Å². The zero-order valence-electron chi connectivity index (χ0n) is 9.82. The standard InChI is InChI=1S/C12H15NO5/c14-11(13-3-5-17-6-4-13)9-7-1-2-8(18-7)10(9)12(15)16/h1-2,7-10H,3-6H2,(H,15,16)/t7-,8+,9-,10+/m1/s1. The molecule has 0 aliphatic carbocycles. The Morgan fingerprint density at radius 3 is 2.33 bits per heavy atom. The quantitative estimate of drug-likeness (QED) is 0.671. The van der Waals surface area contributed by atoms with Gasteiger partial charge in [-0.05, 0) is 0 Å². The van der Waals surface area contributed by atoms with E-state index in [4.69, 9.17) is 9.47 Å². The first-order valence-corrected chi connectivity index (χ1v) is 6.11. The van der Waals surface area contributed by atoms with Crippen molar-refractivity contribution in [1.29, 1.82) is 0 Å². The highest BCUT2D eigenvalue weighted by Gasteiger charge is 2.54. The third kappa shape index (κ3) is 1.72. The van der Waals surface area contributed by atoms with Crippen LogP contribution >= 0.6 is 0 Å². The van der Waals surface area contributed by atoms with Gasteiger partial charge in [0.1, 0.15) is 5.92 Å². The Bertz CT molecular complexity index is 401. The Morgan fingerprint density at radius 2 is 1.72 bits per heavy atom. The monoisotopic (exact) mass is 253 g/mol. The number of carbonyl (C=O) groups excluding carboxylic acids is 1. The number of ether oxygens (including phenoxy) is 2. The Kier molecular flexibility index (Phi) is 2.83. The molecule has 0 spiro atoms. The molecule has 0 saturated carbocycles. The van der Waals surface area contributed by atoms with Crippen LogP contribution in [0.15, 0.2) is 12.2 Å². The minimum absolute atomic E-state index is 0.123. The van der Waals surface area contributed by atoms with Crippen molar-refractivity contribution in [3.8, 4) is 0 Å². The number of hydrogen-bond donors (Lipinski definition) is 1. The van der Waals surface area contributed by atoms with E-state index in [2.05, 4.69) is 0 Å². The molecule has 1 N–H and O–H groups in total. The van der Waals surface area contributed by atoms with E-state index in [9.17, 15) is 14.7 Å². The first-order valence-electron chi connectivity index (χ1n) is 6.11. The highest BCUT2D eigenvalue weighted by atomic mass is 16.5. The van der Waals surface area contributed by atoms with E-state index >= 15 is 0 Å². The first kappa shape index (κ1) is 11.7. The van der Waals surface area contributed by atoms with E-state index < -0.39 is 23.9 Å². The van der Waals surface area contributed by atoms with Crippen LogP contribution in [0.1, 0.15) is 0 Å². The first-order chi connectivity index (χ1) is 8.68. The Morgan fingerprint density at radius 1 is 1.11 bits per heavy atom. The zero-order chi connectivity index (χ0) is 12.7. The number of carbonyl (C=O) groups is 2. The van der Waals surface area contributed by atoms with Gasteiger partial charge in [-0.3, -0.25) is 9.59 Å². The van der Waals surface area contributed by atoms with Crippen molar-refractivity contribution < 1.29 is 24.2 Å². The molecule has 2 saturated heterocycles. The summed E-state index contributed by atoms with van der Waals surface area (Å²) < 4.78 is 10.7. The summed E-state index contributed by atoms with van der Waals surface area (Å²) in [6.45, 7) is 2.09. The third-order valence-corrected chi connectivity index (χ3v) is 3.79. The number of nitrogens with zero attached hydrogens (tertiary/aromatic N) is 1. The second kappa shape index (κ2) is 4.37. The second-order valence-electron chi connectivity index (χ2n) is 4.78. The summed E-state index contributed by atoms with van der Waals surface area (Å²) in [6, 6.07) is 0. The number of hydrogen-bond acceptors (Lipinski definition) is 4. The van der Waals surface area contributed by atoms with Gasteiger partial charge in [-0.1, -0.05) is 12.2 Å². The van der Waals surface area contributed by atoms with Crippen LogP contribution in [0.25, 0.3) is 0 Å². The molecule has 1 amide bonds. The molecule has 3 aliphatic heterocycles. The molecular weight excluding hydrogens is 238 g/mol. The van der Waals surface area contributed by atoms with Crippen LogP contribution in [0.3, 0.4) is 0 Å². The lowest BCUT2D eigenvalue weighted by Crippen LogP contribution is -2.48. The predicted octanol–water partition coefficient (Wildman–Crippen LogP) is -0.501. The van der Waals surface area contributed by atoms with Crippen LogP contribution in [-0.4, -0.2) is 60.4 Å². The van der Waals surface area contributed by atoms with Crippen molar-refractivity contribution in [2.24, 2.45) is 11.8 Å². The molecule has 2 fully saturated rings. The Balaban J connectivity index is 1.79. The van der Waals surface area contributed by atoms with Crippen LogP contribution < -0.4 is 0 Å². The largest absolute Gasteiger partial charge is 0.481 e. The highest BCUT2D eigenvalue weighted by Crippen LogP contribution is 2.40. The van der Waals surface area contributed by atoms with Crippen molar-refractivity contribution in [2.75, 3.05) is 26.3 Å². The number of amides is 1. The topological polar surface area (TPSA) is 76.1 Å². The molecule has 3 rings (SSSR count). The fourth-order valence-corrected chi connectivity index (χ4v) is 2.89. The van der Waals surface area contributed by atoms with E-state index in [1.165, 1.54) is 0 Å². The minimum Gasteiger partial charge on any atom is -0.481 e. The van der Waals surface area contributed by atoms with Gasteiger partial charge in [0.15, 0.2) is 0 Å². The fourth-order valence-electron chi connectivity index (χ4n) is 2.89. The van der Waals surface area contributed by atoms with Crippen molar-refractivity contribution in [2.45, 2.75) is 12.2 Å². The fraction of sp³-hybridized carbons (Fsp3) is 0.667. The molecule has 3 heterocycles. The van der Waals surface area contributed by atoms with Crippen molar-refractivity contribution >= 4 is 11.9 Å². The van der Waals surface area contributed by atoms with Gasteiger partial charge in [0.2, 0.25) is 5.91 Å². The summed E-state index contributed by atoms with van der Waals surface area (Å²) in [5.74, 6) is -2.42. The SMILES string of the molecule is O=C(O)[C@@H]1[C@H](C(=O)N2CCOCC2)[C@H]2C=C[C@@H]1O2. The molecule has 98 valence electrons. The van der Waals surface area contributed by atoms with Crippen LogP contribution in [-0.2, 0) is 19.1 Å². The number of morpholine rings is 1. The molecule has 0 aromatic rings. The maximum absolute atomic E-state index is 12.4. The van der Waals surface area contributed by atoms with Crippen LogP contribution in [0.5, 0.6) is 0 Å². The van der Waals surface area contributed by atoms with E-state index in [0.717, 1.165) is 0 Å². The van der Waals surface area contributed by atoms with Crippen molar-refractivity contribution in [3.63, 3.8) is 0 Å². The summed E-state index contributed by atoms with van der Waals surface area (Å²) in [5, 5.41) is 9.24. The highest BCUT2D eigenvalue weighted by molar-refractivity contribution is 5.87. The van der Waals surface area contributed by atoms with Crippen LogP contribution in [0.4, 0.5) is 0 Å². The molecule has 0 unspecified atom stereocenters. The van der Waals surface area contributed by atoms with E-state index in [1.54, 1.807) is 17.1 Å². The molecule has 2 bridgehead atoms. The van der Waals surface area contributed by atoms with Gasteiger partial charge < -0.3 is 19.5 Å². The number of rotatable bonds is 2. The smallest absolute Gasteiger partial charge is 0.310 e. The molecule has 3 aliphatic rings. The van der Waals surface area contributed by atoms with E-state index in [0.29, 0.717) is 26.3 Å². The maximum atomic E-state index is 12.4. The van der Waals surface area contributed by atoms with Gasteiger partial charge >= 0.3 is 5.97 Å². The van der Waals surface area contributed by atoms with Gasteiger partial charge in [0.25, 0.3) is 0 Å². The third-order valence-electron chi connectivity index (χ3n) is 3.79. The van der Waals surface area contributed by atoms with Gasteiger partial charge in [0.05, 0.1) is 31.3 Å². The molecule has 0 aromatic heterocycles. The van der Waals surface area contributed by atoms with Crippen LogP contribution in [0.2, 0.25) is 0 Å². The molecular formula is C12H15NO5. The van der Waals surface area contributed by atoms with Gasteiger partial charge in [-0.2, -0.15) is 0 Å². The lowest BCUT2D eigenvalue weighted by Gasteiger charge is -2.31. The average molecular weight is 253 g/mol. The molecule has 0 radical (unpaired) electrons. The zero-order valence-corrected chi connectivity index (χ0v) is 9.82. The number of fused-ring (bicyclic) bond motifs is 2. The molecule has 6 heteroatoms. The molecule has 6 nitrogen and oxygen atoms in total. The molecule has 4 atom stereocenters. The lowest BCUT2D eigenvalue weighted by molar-refractivity contribution is -0.151. The number of aliphatic carboxylic acids is 1. The summed E-state index contributed by atoms with van der Waals surface area (Å²) in [4.78, 5) is 25.4. The minimum atomic E-state index is -0.960. The van der Waals surface area contributed by atoms with Gasteiger partial charge in [0, 0.05) is 13.1 Å². The molecule has 0 aromatic carbocycles. The Hall–Kier alpha value is -1.40. The van der Waals surface area contributed by atoms with E-state index in [1.807, 2.05) is 0 Å². The van der Waals surface area contributed by atoms with Crippen molar-refractivity contribution in [1.82, 2.24) is 4.90 Å². The van der Waals surface area contributed by atoms with Crippen LogP contribution in [0, 0.1) is 11.8 Å².